The Morgan fingerprint density at radius 1 is 0.667 bits per heavy atom. The van der Waals surface area contributed by atoms with Gasteiger partial charge in [0.2, 0.25) is 0 Å². The number of ether oxygens (including phenoxy) is 1. The molecule has 0 N–H and O–H groups in total. The zero-order valence-electron chi connectivity index (χ0n) is 14.2. The van der Waals surface area contributed by atoms with Crippen molar-refractivity contribution in [1.82, 2.24) is 0 Å². The molecule has 0 spiro atoms. The van der Waals surface area contributed by atoms with Crippen molar-refractivity contribution in [1.29, 1.82) is 0 Å². The van der Waals surface area contributed by atoms with E-state index < -0.39 is 0 Å². The van der Waals surface area contributed by atoms with Crippen LogP contribution in [0.25, 0.3) is 0 Å². The fourth-order valence-corrected chi connectivity index (χ4v) is 2.52. The van der Waals surface area contributed by atoms with E-state index >= 15 is 0 Å². The molecule has 0 fully saturated rings. The molecule has 0 aliphatic rings. The van der Waals surface area contributed by atoms with Crippen molar-refractivity contribution >= 4 is 0 Å². The molecule has 0 saturated carbocycles. The third kappa shape index (κ3) is 9.68. The summed E-state index contributed by atoms with van der Waals surface area (Å²) < 4.78 is 5.65. The molecule has 1 aromatic rings. The van der Waals surface area contributed by atoms with E-state index in [1.165, 1.54) is 68.9 Å². The Hall–Kier alpha value is -0.820. The molecule has 1 nitrogen and oxygen atoms in total. The highest BCUT2D eigenvalue weighted by molar-refractivity contribution is 5.22. The van der Waals surface area contributed by atoms with E-state index in [2.05, 4.69) is 38.1 Å². The maximum absolute atomic E-state index is 5.65. The third-order valence-electron chi connectivity index (χ3n) is 4.00. The number of hydrogen-bond acceptors (Lipinski definition) is 1. The predicted molar refractivity (Wildman–Crippen MR) is 92.7 cm³/mol. The molecule has 1 rings (SSSR count). The summed E-state index contributed by atoms with van der Waals surface area (Å²) in [7, 11) is 0. The second-order valence-electron chi connectivity index (χ2n) is 6.09. The monoisotopic (exact) mass is 290 g/mol. The van der Waals surface area contributed by atoms with Gasteiger partial charge >= 0.3 is 0 Å². The SMILES string of the molecule is CCCCCCCCCc1ccc(COCCCC)cc1. The lowest BCUT2D eigenvalue weighted by molar-refractivity contribution is 0.118. The summed E-state index contributed by atoms with van der Waals surface area (Å²) in [6, 6.07) is 9.00. The fraction of sp³-hybridized carbons (Fsp3) is 0.700. The molecule has 0 unspecified atom stereocenters. The average molecular weight is 290 g/mol. The van der Waals surface area contributed by atoms with Crippen LogP contribution in [0.15, 0.2) is 24.3 Å². The normalized spacial score (nSPS) is 11.0. The lowest BCUT2D eigenvalue weighted by Gasteiger charge is -2.06. The standard InChI is InChI=1S/C20H34O/c1-3-5-7-8-9-10-11-12-19-13-15-20(16-14-19)18-21-17-6-4-2/h13-16H,3-12,17-18H2,1-2H3. The van der Waals surface area contributed by atoms with Crippen LogP contribution < -0.4 is 0 Å². The molecular weight excluding hydrogens is 256 g/mol. The van der Waals surface area contributed by atoms with Gasteiger partial charge in [0.05, 0.1) is 6.61 Å². The van der Waals surface area contributed by atoms with E-state index in [9.17, 15) is 0 Å². The predicted octanol–water partition coefficient (Wildman–Crippen LogP) is 6.30. The van der Waals surface area contributed by atoms with Crippen molar-refractivity contribution in [2.75, 3.05) is 6.61 Å². The number of unbranched alkanes of at least 4 members (excludes halogenated alkanes) is 7. The van der Waals surface area contributed by atoms with Crippen molar-refractivity contribution in [3.8, 4) is 0 Å². The Morgan fingerprint density at radius 2 is 1.24 bits per heavy atom. The van der Waals surface area contributed by atoms with Crippen LogP contribution in [0.4, 0.5) is 0 Å². The van der Waals surface area contributed by atoms with Gasteiger partial charge in [-0.2, -0.15) is 0 Å². The molecule has 0 aliphatic heterocycles. The minimum atomic E-state index is 0.762. The van der Waals surface area contributed by atoms with E-state index in [0.29, 0.717) is 0 Å². The molecule has 0 atom stereocenters. The Bertz CT molecular complexity index is 328. The summed E-state index contributed by atoms with van der Waals surface area (Å²) in [4.78, 5) is 0. The first kappa shape index (κ1) is 18.2. The van der Waals surface area contributed by atoms with Gasteiger partial charge in [0.1, 0.15) is 0 Å². The Kier molecular flexibility index (Phi) is 11.2. The van der Waals surface area contributed by atoms with Crippen LogP contribution in [0.5, 0.6) is 0 Å². The summed E-state index contributed by atoms with van der Waals surface area (Å²) in [5, 5.41) is 0. The molecule has 1 heteroatoms. The summed E-state index contributed by atoms with van der Waals surface area (Å²) in [6.07, 6.45) is 13.3. The van der Waals surface area contributed by atoms with Gasteiger partial charge < -0.3 is 4.74 Å². The second-order valence-corrected chi connectivity index (χ2v) is 6.09. The number of rotatable bonds is 13. The van der Waals surface area contributed by atoms with Gasteiger partial charge in [-0.1, -0.05) is 83.1 Å². The first-order valence-electron chi connectivity index (χ1n) is 9.02. The highest BCUT2D eigenvalue weighted by Gasteiger charge is 1.97. The minimum absolute atomic E-state index is 0.762. The molecule has 0 aromatic heterocycles. The molecular formula is C20H34O. The van der Waals surface area contributed by atoms with Crippen LogP contribution in [-0.4, -0.2) is 6.61 Å². The molecule has 21 heavy (non-hydrogen) atoms. The van der Waals surface area contributed by atoms with Crippen molar-refractivity contribution in [3.63, 3.8) is 0 Å². The largest absolute Gasteiger partial charge is 0.377 e. The highest BCUT2D eigenvalue weighted by atomic mass is 16.5. The van der Waals surface area contributed by atoms with Gasteiger partial charge in [-0.25, -0.2) is 0 Å². The quantitative estimate of drug-likeness (QED) is 0.387. The van der Waals surface area contributed by atoms with E-state index in [0.717, 1.165) is 19.6 Å². The first-order valence-corrected chi connectivity index (χ1v) is 9.02. The van der Waals surface area contributed by atoms with Gasteiger partial charge in [-0.05, 0) is 30.4 Å². The van der Waals surface area contributed by atoms with Crippen LogP contribution in [0.3, 0.4) is 0 Å². The van der Waals surface area contributed by atoms with Crippen LogP contribution in [0.1, 0.15) is 82.8 Å². The fourth-order valence-electron chi connectivity index (χ4n) is 2.52. The molecule has 0 heterocycles. The van der Waals surface area contributed by atoms with Gasteiger partial charge in [0.15, 0.2) is 0 Å². The lowest BCUT2D eigenvalue weighted by atomic mass is 10.0. The van der Waals surface area contributed by atoms with E-state index in [-0.39, 0.29) is 0 Å². The smallest absolute Gasteiger partial charge is 0.0716 e. The highest BCUT2D eigenvalue weighted by Crippen LogP contribution is 2.12. The minimum Gasteiger partial charge on any atom is -0.377 e. The van der Waals surface area contributed by atoms with Gasteiger partial charge in [-0.15, -0.1) is 0 Å². The molecule has 0 amide bonds. The molecule has 0 saturated heterocycles. The molecule has 0 aliphatic carbocycles. The van der Waals surface area contributed by atoms with Crippen molar-refractivity contribution in [3.05, 3.63) is 35.4 Å². The third-order valence-corrected chi connectivity index (χ3v) is 4.00. The van der Waals surface area contributed by atoms with Crippen LogP contribution in [0.2, 0.25) is 0 Å². The number of hydrogen-bond donors (Lipinski definition) is 0. The Balaban J connectivity index is 2.07. The molecule has 120 valence electrons. The second kappa shape index (κ2) is 12.9. The zero-order valence-corrected chi connectivity index (χ0v) is 14.2. The maximum Gasteiger partial charge on any atom is 0.0716 e. The van der Waals surface area contributed by atoms with E-state index in [1.54, 1.807) is 0 Å². The van der Waals surface area contributed by atoms with Crippen molar-refractivity contribution in [2.45, 2.75) is 84.7 Å². The number of benzene rings is 1. The Labute approximate surface area is 132 Å². The van der Waals surface area contributed by atoms with Gasteiger partial charge in [0, 0.05) is 6.61 Å². The average Bonchev–Trinajstić information content (AvgIpc) is 2.52. The Morgan fingerprint density at radius 3 is 1.90 bits per heavy atom. The van der Waals surface area contributed by atoms with Crippen LogP contribution in [-0.2, 0) is 17.8 Å². The summed E-state index contributed by atoms with van der Waals surface area (Å²) >= 11 is 0. The topological polar surface area (TPSA) is 9.23 Å². The van der Waals surface area contributed by atoms with Gasteiger partial charge in [0.25, 0.3) is 0 Å². The first-order chi connectivity index (χ1) is 10.4. The van der Waals surface area contributed by atoms with Crippen LogP contribution in [0, 0.1) is 0 Å². The van der Waals surface area contributed by atoms with E-state index in [1.807, 2.05) is 0 Å². The van der Waals surface area contributed by atoms with Crippen molar-refractivity contribution < 1.29 is 4.74 Å². The summed E-state index contributed by atoms with van der Waals surface area (Å²) in [5.41, 5.74) is 2.77. The van der Waals surface area contributed by atoms with E-state index in [4.69, 9.17) is 4.74 Å². The number of aryl methyl sites for hydroxylation is 1. The lowest BCUT2D eigenvalue weighted by Crippen LogP contribution is -1.95. The van der Waals surface area contributed by atoms with Crippen LogP contribution >= 0.6 is 0 Å². The zero-order chi connectivity index (χ0) is 15.2. The molecule has 0 radical (unpaired) electrons. The maximum atomic E-state index is 5.65. The summed E-state index contributed by atoms with van der Waals surface area (Å²) in [5.74, 6) is 0. The molecule has 0 bridgehead atoms. The van der Waals surface area contributed by atoms with Crippen molar-refractivity contribution in [2.24, 2.45) is 0 Å². The summed E-state index contributed by atoms with van der Waals surface area (Å²) in [6.45, 7) is 6.12. The van der Waals surface area contributed by atoms with Gasteiger partial charge in [-0.3, -0.25) is 0 Å². The molecule has 1 aromatic carbocycles.